The van der Waals surface area contributed by atoms with Gasteiger partial charge in [-0.3, -0.25) is 14.4 Å². The first-order valence-electron chi connectivity index (χ1n) is 8.57. The van der Waals surface area contributed by atoms with Crippen molar-refractivity contribution in [3.05, 3.63) is 53.9 Å². The van der Waals surface area contributed by atoms with Crippen LogP contribution in [0.5, 0.6) is 0 Å². The molecule has 0 saturated carbocycles. The largest absolute Gasteiger partial charge is 0.351 e. The number of carbonyl (C=O) groups is 1. The zero-order chi connectivity index (χ0) is 17.5. The van der Waals surface area contributed by atoms with Crippen molar-refractivity contribution in [3.63, 3.8) is 0 Å². The molecule has 1 heterocycles. The third-order valence-corrected chi connectivity index (χ3v) is 4.06. The van der Waals surface area contributed by atoms with Crippen LogP contribution in [0.1, 0.15) is 43.6 Å². The maximum atomic E-state index is 12.2. The van der Waals surface area contributed by atoms with E-state index in [4.69, 9.17) is 0 Å². The number of hydrogen-bond donors (Lipinski definition) is 1. The van der Waals surface area contributed by atoms with Crippen LogP contribution in [0.25, 0.3) is 0 Å². The van der Waals surface area contributed by atoms with E-state index in [0.29, 0.717) is 30.7 Å². The van der Waals surface area contributed by atoms with Crippen LogP contribution < -0.4 is 5.32 Å². The van der Waals surface area contributed by atoms with Crippen LogP contribution in [0, 0.1) is 0 Å². The monoisotopic (exact) mass is 328 g/mol. The van der Waals surface area contributed by atoms with Crippen molar-refractivity contribution in [3.8, 4) is 0 Å². The first kappa shape index (κ1) is 18.2. The van der Waals surface area contributed by atoms with E-state index in [2.05, 4.69) is 43.0 Å². The molecular formula is C19H28N4O. The molecule has 5 nitrogen and oxygen atoms in total. The van der Waals surface area contributed by atoms with Crippen LogP contribution in [-0.4, -0.2) is 45.8 Å². The third kappa shape index (κ3) is 5.20. The Hall–Kier alpha value is -2.14. The van der Waals surface area contributed by atoms with E-state index in [0.717, 1.165) is 12.1 Å². The van der Waals surface area contributed by atoms with E-state index >= 15 is 0 Å². The molecule has 1 amide bonds. The highest BCUT2D eigenvalue weighted by atomic mass is 16.1. The van der Waals surface area contributed by atoms with Crippen LogP contribution in [0.4, 0.5) is 0 Å². The lowest BCUT2D eigenvalue weighted by Crippen LogP contribution is -2.42. The molecule has 0 bridgehead atoms. The SMILES string of the molecule is CC(C)N(CCNC(=O)c1cnn(Cc2ccccc2)c1)C(C)C. The Bertz CT molecular complexity index is 626. The number of carbonyl (C=O) groups excluding carboxylic acids is 1. The van der Waals surface area contributed by atoms with Crippen LogP contribution in [-0.2, 0) is 6.54 Å². The van der Waals surface area contributed by atoms with Crippen LogP contribution in [0.15, 0.2) is 42.7 Å². The van der Waals surface area contributed by atoms with Gasteiger partial charge in [-0.2, -0.15) is 5.10 Å². The van der Waals surface area contributed by atoms with Crippen LogP contribution in [0.2, 0.25) is 0 Å². The van der Waals surface area contributed by atoms with E-state index in [9.17, 15) is 4.79 Å². The summed E-state index contributed by atoms with van der Waals surface area (Å²) in [5, 5.41) is 7.26. The Morgan fingerprint density at radius 2 is 1.83 bits per heavy atom. The van der Waals surface area contributed by atoms with Gasteiger partial charge >= 0.3 is 0 Å². The van der Waals surface area contributed by atoms with Gasteiger partial charge in [0.25, 0.3) is 5.91 Å². The van der Waals surface area contributed by atoms with Gasteiger partial charge in [-0.1, -0.05) is 30.3 Å². The van der Waals surface area contributed by atoms with Crippen LogP contribution in [0.3, 0.4) is 0 Å². The summed E-state index contributed by atoms with van der Waals surface area (Å²) in [6.45, 7) is 10.9. The van der Waals surface area contributed by atoms with Gasteiger partial charge in [-0.25, -0.2) is 0 Å². The van der Waals surface area contributed by atoms with Gasteiger partial charge < -0.3 is 5.32 Å². The number of aromatic nitrogens is 2. The van der Waals surface area contributed by atoms with Gasteiger partial charge in [0.05, 0.1) is 18.3 Å². The summed E-state index contributed by atoms with van der Waals surface area (Å²) >= 11 is 0. The molecule has 24 heavy (non-hydrogen) atoms. The summed E-state index contributed by atoms with van der Waals surface area (Å²) in [4.78, 5) is 14.6. The third-order valence-electron chi connectivity index (χ3n) is 4.06. The van der Waals surface area contributed by atoms with E-state index in [1.54, 1.807) is 17.1 Å². The maximum Gasteiger partial charge on any atom is 0.254 e. The molecule has 5 heteroatoms. The molecular weight excluding hydrogens is 300 g/mol. The molecule has 0 aliphatic rings. The van der Waals surface area contributed by atoms with Crippen molar-refractivity contribution in [2.24, 2.45) is 0 Å². The van der Waals surface area contributed by atoms with E-state index in [-0.39, 0.29) is 5.91 Å². The molecule has 0 aliphatic carbocycles. The Kier molecular flexibility index (Phi) is 6.55. The van der Waals surface area contributed by atoms with Crippen molar-refractivity contribution < 1.29 is 4.79 Å². The fourth-order valence-corrected chi connectivity index (χ4v) is 2.85. The molecule has 0 atom stereocenters. The van der Waals surface area contributed by atoms with Crippen LogP contribution >= 0.6 is 0 Å². The van der Waals surface area contributed by atoms with Gasteiger partial charge in [0, 0.05) is 31.4 Å². The highest BCUT2D eigenvalue weighted by molar-refractivity contribution is 5.93. The number of hydrogen-bond acceptors (Lipinski definition) is 3. The average molecular weight is 328 g/mol. The van der Waals surface area contributed by atoms with Crippen molar-refractivity contribution in [1.29, 1.82) is 0 Å². The number of amides is 1. The Morgan fingerprint density at radius 3 is 2.46 bits per heavy atom. The molecule has 0 aliphatic heterocycles. The second-order valence-electron chi connectivity index (χ2n) is 6.59. The Balaban J connectivity index is 1.85. The summed E-state index contributed by atoms with van der Waals surface area (Å²) < 4.78 is 1.79. The highest BCUT2D eigenvalue weighted by Crippen LogP contribution is 2.05. The minimum atomic E-state index is -0.0678. The summed E-state index contributed by atoms with van der Waals surface area (Å²) in [5.41, 5.74) is 1.77. The fourth-order valence-electron chi connectivity index (χ4n) is 2.85. The molecule has 0 spiro atoms. The average Bonchev–Trinajstić information content (AvgIpc) is 3.00. The lowest BCUT2D eigenvalue weighted by Gasteiger charge is -2.30. The predicted molar refractivity (Wildman–Crippen MR) is 97.1 cm³/mol. The van der Waals surface area contributed by atoms with E-state index in [1.807, 2.05) is 30.3 Å². The molecule has 130 valence electrons. The standard InChI is InChI=1S/C19H28N4O/c1-15(2)23(16(3)4)11-10-20-19(24)18-12-21-22(14-18)13-17-8-6-5-7-9-17/h5-9,12,14-16H,10-11,13H2,1-4H3,(H,20,24). The van der Waals surface area contributed by atoms with E-state index < -0.39 is 0 Å². The first-order chi connectivity index (χ1) is 11.5. The van der Waals surface area contributed by atoms with E-state index in [1.165, 1.54) is 0 Å². The van der Waals surface area contributed by atoms with Gasteiger partial charge in [0.15, 0.2) is 0 Å². The molecule has 0 saturated heterocycles. The molecule has 1 aromatic carbocycles. The van der Waals surface area contributed by atoms with Crippen molar-refractivity contribution in [1.82, 2.24) is 20.0 Å². The van der Waals surface area contributed by atoms with Gasteiger partial charge in [-0.05, 0) is 33.3 Å². The van der Waals surface area contributed by atoms with Crippen molar-refractivity contribution >= 4 is 5.91 Å². The number of benzene rings is 1. The minimum absolute atomic E-state index is 0.0678. The maximum absolute atomic E-state index is 12.2. The van der Waals surface area contributed by atoms with Gasteiger partial charge in [0.2, 0.25) is 0 Å². The smallest absolute Gasteiger partial charge is 0.254 e. The lowest BCUT2D eigenvalue weighted by molar-refractivity contribution is 0.0939. The van der Waals surface area contributed by atoms with Gasteiger partial charge in [-0.15, -0.1) is 0 Å². The lowest BCUT2D eigenvalue weighted by atomic mass is 10.2. The predicted octanol–water partition coefficient (Wildman–Crippen LogP) is 2.78. The molecule has 0 fully saturated rings. The summed E-state index contributed by atoms with van der Waals surface area (Å²) in [6.07, 6.45) is 3.42. The molecule has 1 N–H and O–H groups in total. The molecule has 0 radical (unpaired) electrons. The number of nitrogens with zero attached hydrogens (tertiary/aromatic N) is 3. The summed E-state index contributed by atoms with van der Waals surface area (Å²) in [5.74, 6) is -0.0678. The zero-order valence-corrected chi connectivity index (χ0v) is 15.1. The number of nitrogens with one attached hydrogen (secondary N) is 1. The van der Waals surface area contributed by atoms with Crippen molar-refractivity contribution in [2.75, 3.05) is 13.1 Å². The summed E-state index contributed by atoms with van der Waals surface area (Å²) in [6, 6.07) is 11.0. The Labute approximate surface area is 144 Å². The molecule has 2 rings (SSSR count). The zero-order valence-electron chi connectivity index (χ0n) is 15.1. The first-order valence-corrected chi connectivity index (χ1v) is 8.57. The minimum Gasteiger partial charge on any atom is -0.351 e. The normalized spacial score (nSPS) is 11.5. The Morgan fingerprint density at radius 1 is 1.17 bits per heavy atom. The highest BCUT2D eigenvalue weighted by Gasteiger charge is 2.14. The fraction of sp³-hybridized carbons (Fsp3) is 0.474. The topological polar surface area (TPSA) is 50.2 Å². The van der Waals surface area contributed by atoms with Gasteiger partial charge in [0.1, 0.15) is 0 Å². The molecule has 1 aromatic heterocycles. The second kappa shape index (κ2) is 8.64. The van der Waals surface area contributed by atoms with Crippen molar-refractivity contribution in [2.45, 2.75) is 46.3 Å². The quantitative estimate of drug-likeness (QED) is 0.811. The summed E-state index contributed by atoms with van der Waals surface area (Å²) in [7, 11) is 0. The second-order valence-corrected chi connectivity index (χ2v) is 6.59. The number of rotatable bonds is 8. The molecule has 2 aromatic rings. The molecule has 0 unspecified atom stereocenters.